The standard InChI is InChI=1S/C10H8O3/c1-12-10(11)8-3-2-4-9-7(8)5-6-13-9/h2-6H,1H3. The van der Waals surface area contributed by atoms with Crippen LogP contribution in [0.4, 0.5) is 0 Å². The van der Waals surface area contributed by atoms with Gasteiger partial charge in [0.15, 0.2) is 0 Å². The molecule has 1 aromatic carbocycles. The smallest absolute Gasteiger partial charge is 0.338 e. The van der Waals surface area contributed by atoms with Crippen molar-refractivity contribution in [1.82, 2.24) is 0 Å². The molecule has 3 heteroatoms. The molecule has 0 saturated carbocycles. The van der Waals surface area contributed by atoms with Gasteiger partial charge in [-0.2, -0.15) is 0 Å². The molecule has 2 rings (SSSR count). The Labute approximate surface area is 74.9 Å². The third-order valence-electron chi connectivity index (χ3n) is 1.90. The molecule has 0 fully saturated rings. The summed E-state index contributed by atoms with van der Waals surface area (Å²) in [5, 5.41) is 0.786. The summed E-state index contributed by atoms with van der Waals surface area (Å²) in [6.45, 7) is 0. The number of esters is 1. The third-order valence-corrected chi connectivity index (χ3v) is 1.90. The molecule has 2 aromatic rings. The van der Waals surface area contributed by atoms with Crippen molar-refractivity contribution in [2.45, 2.75) is 0 Å². The van der Waals surface area contributed by atoms with Crippen molar-refractivity contribution in [3.63, 3.8) is 0 Å². The van der Waals surface area contributed by atoms with E-state index < -0.39 is 0 Å². The molecule has 0 aliphatic rings. The molecule has 0 aliphatic carbocycles. The van der Waals surface area contributed by atoms with Crippen LogP contribution in [0.5, 0.6) is 0 Å². The maximum absolute atomic E-state index is 11.3. The summed E-state index contributed by atoms with van der Waals surface area (Å²) in [6, 6.07) is 7.03. The van der Waals surface area contributed by atoms with Crippen LogP contribution in [0.25, 0.3) is 11.0 Å². The second-order valence-electron chi connectivity index (χ2n) is 2.63. The van der Waals surface area contributed by atoms with E-state index >= 15 is 0 Å². The second kappa shape index (κ2) is 2.94. The van der Waals surface area contributed by atoms with Crippen molar-refractivity contribution < 1.29 is 13.9 Å². The van der Waals surface area contributed by atoms with Gasteiger partial charge >= 0.3 is 5.97 Å². The summed E-state index contributed by atoms with van der Waals surface area (Å²) in [6.07, 6.45) is 1.55. The predicted octanol–water partition coefficient (Wildman–Crippen LogP) is 2.22. The second-order valence-corrected chi connectivity index (χ2v) is 2.63. The minimum Gasteiger partial charge on any atom is -0.465 e. The average Bonchev–Trinajstić information content (AvgIpc) is 2.63. The van der Waals surface area contributed by atoms with E-state index in [1.165, 1.54) is 7.11 Å². The Balaban J connectivity index is 2.67. The van der Waals surface area contributed by atoms with Crippen molar-refractivity contribution in [3.05, 3.63) is 36.1 Å². The van der Waals surface area contributed by atoms with E-state index in [0.717, 1.165) is 5.39 Å². The fraction of sp³-hybridized carbons (Fsp3) is 0.100. The lowest BCUT2D eigenvalue weighted by Gasteiger charge is -1.98. The third kappa shape index (κ3) is 1.18. The first-order valence-electron chi connectivity index (χ1n) is 3.87. The van der Waals surface area contributed by atoms with Gasteiger partial charge in [0.1, 0.15) is 5.58 Å². The number of rotatable bonds is 1. The Bertz CT molecular complexity index is 442. The average molecular weight is 176 g/mol. The molecular weight excluding hydrogens is 168 g/mol. The molecule has 0 aliphatic heterocycles. The van der Waals surface area contributed by atoms with Crippen LogP contribution >= 0.6 is 0 Å². The van der Waals surface area contributed by atoms with Gasteiger partial charge in [0, 0.05) is 5.39 Å². The van der Waals surface area contributed by atoms with Crippen molar-refractivity contribution in [1.29, 1.82) is 0 Å². The highest BCUT2D eigenvalue weighted by atomic mass is 16.5. The molecule has 13 heavy (non-hydrogen) atoms. The van der Waals surface area contributed by atoms with Gasteiger partial charge in [-0.15, -0.1) is 0 Å². The van der Waals surface area contributed by atoms with E-state index in [-0.39, 0.29) is 5.97 Å². The van der Waals surface area contributed by atoms with Crippen LogP contribution in [0.1, 0.15) is 10.4 Å². The first-order chi connectivity index (χ1) is 6.33. The first kappa shape index (κ1) is 7.86. The predicted molar refractivity (Wildman–Crippen MR) is 47.6 cm³/mol. The van der Waals surface area contributed by atoms with E-state index in [1.807, 2.05) is 6.07 Å². The lowest BCUT2D eigenvalue weighted by Crippen LogP contribution is -2.00. The Morgan fingerprint density at radius 1 is 1.38 bits per heavy atom. The van der Waals surface area contributed by atoms with Crippen molar-refractivity contribution in [2.75, 3.05) is 7.11 Å². The Morgan fingerprint density at radius 3 is 3.00 bits per heavy atom. The van der Waals surface area contributed by atoms with Crippen molar-refractivity contribution in [3.8, 4) is 0 Å². The summed E-state index contributed by atoms with van der Waals surface area (Å²) in [5.41, 5.74) is 1.23. The van der Waals surface area contributed by atoms with Gasteiger partial charge in [-0.3, -0.25) is 0 Å². The monoisotopic (exact) mass is 176 g/mol. The summed E-state index contributed by atoms with van der Waals surface area (Å²) in [7, 11) is 1.36. The maximum Gasteiger partial charge on any atom is 0.338 e. The van der Waals surface area contributed by atoms with Gasteiger partial charge in [-0.05, 0) is 18.2 Å². The number of carbonyl (C=O) groups excluding carboxylic acids is 1. The number of ether oxygens (including phenoxy) is 1. The number of carbonyl (C=O) groups is 1. The van der Waals surface area contributed by atoms with E-state index in [2.05, 4.69) is 4.74 Å². The Morgan fingerprint density at radius 2 is 2.23 bits per heavy atom. The quantitative estimate of drug-likeness (QED) is 0.625. The van der Waals surface area contributed by atoms with E-state index in [1.54, 1.807) is 24.5 Å². The van der Waals surface area contributed by atoms with Gasteiger partial charge in [-0.1, -0.05) is 6.07 Å². The summed E-state index contributed by atoms with van der Waals surface area (Å²) >= 11 is 0. The van der Waals surface area contributed by atoms with Crippen LogP contribution in [0.15, 0.2) is 34.9 Å². The summed E-state index contributed by atoms with van der Waals surface area (Å²) in [5.74, 6) is -0.341. The molecule has 66 valence electrons. The van der Waals surface area contributed by atoms with Gasteiger partial charge in [0.25, 0.3) is 0 Å². The zero-order valence-electron chi connectivity index (χ0n) is 7.11. The number of hydrogen-bond donors (Lipinski definition) is 0. The summed E-state index contributed by atoms with van der Waals surface area (Å²) < 4.78 is 9.78. The number of benzene rings is 1. The van der Waals surface area contributed by atoms with Crippen molar-refractivity contribution >= 4 is 16.9 Å². The summed E-state index contributed by atoms with van der Waals surface area (Å²) in [4.78, 5) is 11.3. The molecule has 1 heterocycles. The minimum absolute atomic E-state index is 0.341. The highest BCUT2D eigenvalue weighted by Gasteiger charge is 2.10. The van der Waals surface area contributed by atoms with Gasteiger partial charge in [-0.25, -0.2) is 4.79 Å². The van der Waals surface area contributed by atoms with Crippen LogP contribution in [-0.2, 0) is 4.74 Å². The van der Waals surface area contributed by atoms with Crippen LogP contribution in [0.2, 0.25) is 0 Å². The first-order valence-corrected chi connectivity index (χ1v) is 3.87. The normalized spacial score (nSPS) is 10.2. The molecule has 0 bridgehead atoms. The number of hydrogen-bond acceptors (Lipinski definition) is 3. The molecule has 1 aromatic heterocycles. The fourth-order valence-electron chi connectivity index (χ4n) is 1.28. The molecule has 0 N–H and O–H groups in total. The lowest BCUT2D eigenvalue weighted by molar-refractivity contribution is 0.0603. The van der Waals surface area contributed by atoms with Crippen LogP contribution in [0, 0.1) is 0 Å². The molecule has 3 nitrogen and oxygen atoms in total. The van der Waals surface area contributed by atoms with Crippen LogP contribution < -0.4 is 0 Å². The molecule has 0 spiro atoms. The highest BCUT2D eigenvalue weighted by molar-refractivity contribution is 6.02. The Kier molecular flexibility index (Phi) is 1.77. The van der Waals surface area contributed by atoms with E-state index in [4.69, 9.17) is 4.42 Å². The molecule has 0 atom stereocenters. The SMILES string of the molecule is COC(=O)c1cccc2occc12. The number of fused-ring (bicyclic) bond motifs is 1. The largest absolute Gasteiger partial charge is 0.465 e. The van der Waals surface area contributed by atoms with E-state index in [0.29, 0.717) is 11.1 Å². The minimum atomic E-state index is -0.341. The zero-order valence-corrected chi connectivity index (χ0v) is 7.11. The number of methoxy groups -OCH3 is 1. The molecule has 0 saturated heterocycles. The highest BCUT2D eigenvalue weighted by Crippen LogP contribution is 2.20. The van der Waals surface area contributed by atoms with Gasteiger partial charge in [0.05, 0.1) is 18.9 Å². The molecule has 0 radical (unpaired) electrons. The van der Waals surface area contributed by atoms with Crippen molar-refractivity contribution in [2.24, 2.45) is 0 Å². The molecular formula is C10H8O3. The van der Waals surface area contributed by atoms with Gasteiger partial charge < -0.3 is 9.15 Å². The molecule has 0 amide bonds. The lowest BCUT2D eigenvalue weighted by atomic mass is 10.1. The van der Waals surface area contributed by atoms with Crippen LogP contribution in [0.3, 0.4) is 0 Å². The topological polar surface area (TPSA) is 39.4 Å². The fourth-order valence-corrected chi connectivity index (χ4v) is 1.28. The number of furan rings is 1. The van der Waals surface area contributed by atoms with Gasteiger partial charge in [0.2, 0.25) is 0 Å². The Hall–Kier alpha value is -1.77. The molecule has 0 unspecified atom stereocenters. The van der Waals surface area contributed by atoms with E-state index in [9.17, 15) is 4.79 Å². The zero-order chi connectivity index (χ0) is 9.26. The van der Waals surface area contributed by atoms with Crippen LogP contribution in [-0.4, -0.2) is 13.1 Å². The maximum atomic E-state index is 11.3.